The van der Waals surface area contributed by atoms with Gasteiger partial charge in [-0.1, -0.05) is 17.7 Å². The van der Waals surface area contributed by atoms with Crippen molar-refractivity contribution < 1.29 is 22.3 Å². The second-order valence-corrected chi connectivity index (χ2v) is 8.70. The monoisotopic (exact) mass is 395 g/mol. The molecule has 2 rings (SSSR count). The fraction of sp³-hybridized carbons (Fsp3) is 0.200. The molecule has 0 spiro atoms. The van der Waals surface area contributed by atoms with Crippen LogP contribution in [0.2, 0.25) is 5.02 Å². The van der Waals surface area contributed by atoms with Crippen molar-refractivity contribution in [3.63, 3.8) is 0 Å². The van der Waals surface area contributed by atoms with Gasteiger partial charge < -0.3 is 9.61 Å². The lowest BCUT2D eigenvalue weighted by Crippen LogP contribution is -2.03. The molecule has 9 heteroatoms. The van der Waals surface area contributed by atoms with E-state index in [0.29, 0.717) is 16.5 Å². The molecule has 0 aliphatic heterocycles. The van der Waals surface area contributed by atoms with Crippen molar-refractivity contribution in [1.29, 1.82) is 0 Å². The number of hydrogen-bond donors (Lipinski definition) is 1. The molecule has 1 atom stereocenters. The zero-order chi connectivity index (χ0) is 18.0. The van der Waals surface area contributed by atoms with Crippen molar-refractivity contribution in [3.05, 3.63) is 53.1 Å². The van der Waals surface area contributed by atoms with Crippen LogP contribution in [0, 0.1) is 6.92 Å². The summed E-state index contributed by atoms with van der Waals surface area (Å²) in [6.07, 6.45) is 0. The van der Waals surface area contributed by atoms with Crippen molar-refractivity contribution in [3.8, 4) is 5.75 Å². The average Bonchev–Trinajstić information content (AvgIpc) is 2.43. The van der Waals surface area contributed by atoms with Gasteiger partial charge in [0.1, 0.15) is 5.75 Å². The van der Waals surface area contributed by atoms with E-state index >= 15 is 0 Å². The van der Waals surface area contributed by atoms with Crippen LogP contribution in [0.1, 0.15) is 5.56 Å². The van der Waals surface area contributed by atoms with Gasteiger partial charge in [0.05, 0.1) is 0 Å². The van der Waals surface area contributed by atoms with E-state index in [0.717, 1.165) is 5.56 Å². The lowest BCUT2D eigenvalue weighted by molar-refractivity contribution is -0.0328. The molecule has 0 radical (unpaired) electrons. The molecule has 3 nitrogen and oxygen atoms in total. The highest BCUT2D eigenvalue weighted by Crippen LogP contribution is 2.45. The van der Waals surface area contributed by atoms with Gasteiger partial charge in [-0.15, -0.1) is 0 Å². The van der Waals surface area contributed by atoms with Crippen LogP contribution < -0.4 is 9.61 Å². The van der Waals surface area contributed by atoms with Gasteiger partial charge in [-0.25, -0.2) is 0 Å². The summed E-state index contributed by atoms with van der Waals surface area (Å²) in [7, 11) is -3.28. The summed E-state index contributed by atoms with van der Waals surface area (Å²) in [4.78, 5) is 0.0468. The molecule has 0 amide bonds. The highest BCUT2D eigenvalue weighted by molar-refractivity contribution is 8.00. The number of aryl methyl sites for hydroxylation is 1. The number of rotatable bonds is 5. The molecule has 0 bridgehead atoms. The Morgan fingerprint density at radius 3 is 2.38 bits per heavy atom. The van der Waals surface area contributed by atoms with E-state index in [2.05, 4.69) is 5.09 Å². The fourth-order valence-electron chi connectivity index (χ4n) is 1.85. The largest absolute Gasteiger partial charge is 0.446 e. The van der Waals surface area contributed by atoms with Crippen LogP contribution in [-0.2, 0) is 4.57 Å². The summed E-state index contributed by atoms with van der Waals surface area (Å²) < 4.78 is 55.0. The summed E-state index contributed by atoms with van der Waals surface area (Å²) in [5, 5.41) is 3.15. The van der Waals surface area contributed by atoms with E-state index < -0.39 is 13.0 Å². The summed E-state index contributed by atoms with van der Waals surface area (Å²) in [6, 6.07) is 10.4. The Balaban J connectivity index is 2.08. The quantitative estimate of drug-likeness (QED) is 0.458. The van der Waals surface area contributed by atoms with Gasteiger partial charge in [-0.2, -0.15) is 13.2 Å². The van der Waals surface area contributed by atoms with E-state index in [4.69, 9.17) is 16.1 Å². The van der Waals surface area contributed by atoms with E-state index in [-0.39, 0.29) is 16.7 Å². The Kier molecular flexibility index (Phi) is 5.78. The normalized spacial score (nSPS) is 14.1. The topological polar surface area (TPSA) is 38.3 Å². The van der Waals surface area contributed by atoms with Crippen LogP contribution >= 0.6 is 30.9 Å². The number of nitrogens with one attached hydrogen (secondary N) is 1. The average molecular weight is 396 g/mol. The molecule has 0 heterocycles. The fourth-order valence-corrected chi connectivity index (χ4v) is 3.79. The Morgan fingerprint density at radius 1 is 1.17 bits per heavy atom. The molecule has 0 aliphatic carbocycles. The van der Waals surface area contributed by atoms with E-state index in [1.807, 2.05) is 0 Å². The van der Waals surface area contributed by atoms with Gasteiger partial charge in [0.25, 0.3) is 0 Å². The third-order valence-corrected chi connectivity index (χ3v) is 5.03. The molecule has 2 aromatic carbocycles. The highest BCUT2D eigenvalue weighted by Gasteiger charge is 2.29. The number of anilines is 1. The van der Waals surface area contributed by atoms with Crippen LogP contribution in [0.4, 0.5) is 18.9 Å². The maximum atomic E-state index is 12.6. The van der Waals surface area contributed by atoms with Gasteiger partial charge in [-0.3, -0.25) is 4.57 Å². The second kappa shape index (κ2) is 7.30. The summed E-state index contributed by atoms with van der Waals surface area (Å²) in [6.45, 7) is 3.17. The Bertz CT molecular complexity index is 768. The van der Waals surface area contributed by atoms with Crippen LogP contribution in [0.5, 0.6) is 5.75 Å². The smallest absolute Gasteiger partial charge is 0.429 e. The molecule has 0 aromatic heterocycles. The molecular formula is C15H14ClF3NO2PS. The third kappa shape index (κ3) is 5.96. The van der Waals surface area contributed by atoms with E-state index in [1.54, 1.807) is 25.1 Å². The summed E-state index contributed by atoms with van der Waals surface area (Å²) in [5.74, 6) is 0.380. The Morgan fingerprint density at radius 2 is 1.79 bits per heavy atom. The molecule has 0 aliphatic rings. The van der Waals surface area contributed by atoms with Crippen LogP contribution in [0.15, 0.2) is 47.4 Å². The summed E-state index contributed by atoms with van der Waals surface area (Å²) >= 11 is 5.68. The van der Waals surface area contributed by atoms with Crippen molar-refractivity contribution in [2.24, 2.45) is 0 Å². The second-order valence-electron chi connectivity index (χ2n) is 5.03. The van der Waals surface area contributed by atoms with Gasteiger partial charge in [0, 0.05) is 22.3 Å². The molecule has 24 heavy (non-hydrogen) atoms. The van der Waals surface area contributed by atoms with Gasteiger partial charge in [0.15, 0.2) is 0 Å². The zero-order valence-corrected chi connectivity index (χ0v) is 15.2. The van der Waals surface area contributed by atoms with Crippen molar-refractivity contribution >= 4 is 36.6 Å². The van der Waals surface area contributed by atoms with Gasteiger partial charge >= 0.3 is 13.0 Å². The lowest BCUT2D eigenvalue weighted by Gasteiger charge is -2.19. The first-order valence-corrected chi connectivity index (χ1v) is 9.98. The minimum Gasteiger partial charge on any atom is -0.429 e. The van der Waals surface area contributed by atoms with Crippen LogP contribution in [0.3, 0.4) is 0 Å². The predicted octanol–water partition coefficient (Wildman–Crippen LogP) is 6.57. The minimum absolute atomic E-state index is 0.0468. The third-order valence-electron chi connectivity index (χ3n) is 2.84. The van der Waals surface area contributed by atoms with Crippen molar-refractivity contribution in [2.45, 2.75) is 17.3 Å². The standard InChI is InChI=1S/C15H14ClF3NO2PS/c1-10-3-4-11(16)9-14(10)22-23(2,21)20-12-5-7-13(8-6-12)24-15(17,18)19/h3-9H,1-2H3,(H,20,21)/t23-/m0/s1. The van der Waals surface area contributed by atoms with Gasteiger partial charge in [-0.05, 0) is 60.6 Å². The summed E-state index contributed by atoms with van der Waals surface area (Å²) in [5.41, 5.74) is -3.19. The Labute approximate surface area is 147 Å². The molecule has 0 unspecified atom stereocenters. The van der Waals surface area contributed by atoms with Crippen molar-refractivity contribution in [2.75, 3.05) is 11.8 Å². The number of alkyl halides is 3. The van der Waals surface area contributed by atoms with E-state index in [1.165, 1.54) is 30.9 Å². The molecule has 0 saturated heterocycles. The van der Waals surface area contributed by atoms with Crippen LogP contribution in [-0.4, -0.2) is 12.2 Å². The number of benzene rings is 2. The zero-order valence-electron chi connectivity index (χ0n) is 12.7. The molecule has 1 N–H and O–H groups in total. The predicted molar refractivity (Wildman–Crippen MR) is 92.3 cm³/mol. The first-order valence-electron chi connectivity index (χ1n) is 6.71. The molecule has 0 fully saturated rings. The maximum Gasteiger partial charge on any atom is 0.446 e. The van der Waals surface area contributed by atoms with Gasteiger partial charge in [0.2, 0.25) is 0 Å². The number of halogens is 4. The Hall–Kier alpha value is -1.30. The SMILES string of the molecule is Cc1ccc(Cl)cc1O[P@](C)(=O)Nc1ccc(SC(F)(F)F)cc1. The first kappa shape index (κ1) is 19.0. The highest BCUT2D eigenvalue weighted by atomic mass is 35.5. The molecule has 2 aromatic rings. The van der Waals surface area contributed by atoms with E-state index in [9.17, 15) is 17.7 Å². The molecular weight excluding hydrogens is 382 g/mol. The number of hydrogen-bond acceptors (Lipinski definition) is 3. The lowest BCUT2D eigenvalue weighted by atomic mass is 10.2. The first-order chi connectivity index (χ1) is 11.0. The maximum absolute atomic E-state index is 12.6. The minimum atomic E-state index is -4.35. The number of thioether (sulfide) groups is 1. The molecule has 130 valence electrons. The van der Waals surface area contributed by atoms with Crippen molar-refractivity contribution in [1.82, 2.24) is 0 Å². The molecule has 0 saturated carbocycles. The van der Waals surface area contributed by atoms with Crippen LogP contribution in [0.25, 0.3) is 0 Å².